The highest BCUT2D eigenvalue weighted by Crippen LogP contribution is 2.20. The topological polar surface area (TPSA) is 112 Å². The number of halogens is 4. The van der Waals surface area contributed by atoms with Gasteiger partial charge >= 0.3 is 6.03 Å². The van der Waals surface area contributed by atoms with Crippen molar-refractivity contribution in [2.24, 2.45) is 0 Å². The summed E-state index contributed by atoms with van der Waals surface area (Å²) in [6.07, 6.45) is 0.207. The Kier molecular flexibility index (Phi) is 15.6. The summed E-state index contributed by atoms with van der Waals surface area (Å²) in [4.78, 5) is 40.7. The zero-order chi connectivity index (χ0) is 37.5. The van der Waals surface area contributed by atoms with Crippen molar-refractivity contribution in [3.63, 3.8) is 0 Å². The Morgan fingerprint density at radius 1 is 0.725 bits per heavy atom. The number of methoxy groups -OCH3 is 2. The molecule has 0 aromatic heterocycles. The summed E-state index contributed by atoms with van der Waals surface area (Å²) in [7, 11) is 8.67. The summed E-state index contributed by atoms with van der Waals surface area (Å²) in [5, 5.41) is 2.47. The molecule has 0 heterocycles. The largest absolute Gasteiger partial charge is 0.497 e. The van der Waals surface area contributed by atoms with E-state index < -0.39 is 47.3 Å². The lowest BCUT2D eigenvalue weighted by Crippen LogP contribution is -2.51. The summed E-state index contributed by atoms with van der Waals surface area (Å²) < 4.78 is 69.6. The first-order chi connectivity index (χ1) is 24.3. The molecule has 0 fully saturated rings. The van der Waals surface area contributed by atoms with Gasteiger partial charge in [0.25, 0.3) is 0 Å². The smallest absolute Gasteiger partial charge is 0.326 e. The van der Waals surface area contributed by atoms with E-state index in [2.05, 4.69) is 19.7 Å². The van der Waals surface area contributed by atoms with E-state index in [0.717, 1.165) is 30.0 Å². The minimum absolute atomic E-state index is 0.0621. The molecular formula is C36H39F4N5O5S. The fourth-order valence-electron chi connectivity index (χ4n) is 4.65. The second-order valence-electron chi connectivity index (χ2n) is 11.2. The molecule has 2 atom stereocenters. The van der Waals surface area contributed by atoms with Crippen molar-refractivity contribution in [2.45, 2.75) is 24.9 Å². The second kappa shape index (κ2) is 19.8. The lowest BCUT2D eigenvalue weighted by Gasteiger charge is -2.25. The number of anilines is 2. The van der Waals surface area contributed by atoms with Crippen LogP contribution in [-0.2, 0) is 22.4 Å². The van der Waals surface area contributed by atoms with E-state index in [1.807, 2.05) is 38.4 Å². The number of ether oxygens (including phenoxy) is 2. The van der Waals surface area contributed by atoms with Crippen LogP contribution in [-0.4, -0.2) is 65.7 Å². The van der Waals surface area contributed by atoms with Crippen molar-refractivity contribution in [2.75, 3.05) is 45.2 Å². The predicted octanol–water partition coefficient (Wildman–Crippen LogP) is 5.85. The number of rotatable bonds is 14. The van der Waals surface area contributed by atoms with Crippen molar-refractivity contribution in [1.82, 2.24) is 14.8 Å². The standard InChI is InChI=1S/C27H26F4N4O4S.C9H13NO/c1-35(23-3-5-24(39-2)6-4-23)26(37)25(12-17-9-20(30)14-21(31)10-17)32-27(38)34-40-33-22(15-36)11-16-7-18(28)13-19(29)8-16;1-10(2)8-4-6-9(11-3)7-5-8/h3-10,13-15,22,25,33H,11-12H2,1-2H3,(H2,32,34,38);4-7H,1-3H3/t22-,25?;/m0./s1. The van der Waals surface area contributed by atoms with Gasteiger partial charge in [0, 0.05) is 63.2 Å². The molecule has 1 unspecified atom stereocenters. The van der Waals surface area contributed by atoms with E-state index in [1.54, 1.807) is 31.4 Å². The maximum absolute atomic E-state index is 13.8. The molecule has 51 heavy (non-hydrogen) atoms. The highest BCUT2D eigenvalue weighted by molar-refractivity contribution is 7.96. The highest BCUT2D eigenvalue weighted by atomic mass is 32.2. The summed E-state index contributed by atoms with van der Waals surface area (Å²) in [5.41, 5.74) is 2.02. The highest BCUT2D eigenvalue weighted by Gasteiger charge is 2.26. The van der Waals surface area contributed by atoms with Crippen LogP contribution in [0.25, 0.3) is 0 Å². The Labute approximate surface area is 298 Å². The average Bonchev–Trinajstić information content (AvgIpc) is 3.09. The molecule has 0 aliphatic carbocycles. The van der Waals surface area contributed by atoms with Crippen LogP contribution >= 0.6 is 12.1 Å². The van der Waals surface area contributed by atoms with Gasteiger partial charge in [-0.05, 0) is 90.3 Å². The zero-order valence-corrected chi connectivity index (χ0v) is 29.4. The maximum Gasteiger partial charge on any atom is 0.326 e. The Bertz CT molecular complexity index is 1710. The number of benzene rings is 4. The molecule has 4 aromatic rings. The van der Waals surface area contributed by atoms with E-state index in [-0.39, 0.29) is 24.0 Å². The van der Waals surface area contributed by atoms with E-state index in [4.69, 9.17) is 9.47 Å². The number of urea groups is 1. The molecule has 3 amide bonds. The molecule has 15 heteroatoms. The summed E-state index contributed by atoms with van der Waals surface area (Å²) in [6, 6.07) is 17.1. The number of likely N-dealkylation sites (N-methyl/N-ethyl adjacent to an activating group) is 1. The van der Waals surface area contributed by atoms with Gasteiger partial charge in [-0.15, -0.1) is 0 Å². The van der Waals surface area contributed by atoms with Gasteiger partial charge in [-0.25, -0.2) is 27.1 Å². The molecule has 0 radical (unpaired) electrons. The van der Waals surface area contributed by atoms with Gasteiger partial charge in [0.2, 0.25) is 5.91 Å². The fraction of sp³-hybridized carbons (Fsp3) is 0.250. The van der Waals surface area contributed by atoms with Crippen LogP contribution in [0.4, 0.5) is 33.7 Å². The molecule has 0 bridgehead atoms. The third-order valence-corrected chi connectivity index (χ3v) is 7.95. The first kappa shape index (κ1) is 40.2. The van der Waals surface area contributed by atoms with Gasteiger partial charge in [-0.3, -0.25) is 9.52 Å². The van der Waals surface area contributed by atoms with E-state index in [9.17, 15) is 31.9 Å². The summed E-state index contributed by atoms with van der Waals surface area (Å²) in [6.45, 7) is 0. The molecule has 4 rings (SSSR count). The minimum atomic E-state index is -1.24. The van der Waals surface area contributed by atoms with Crippen LogP contribution in [0, 0.1) is 23.3 Å². The first-order valence-electron chi connectivity index (χ1n) is 15.4. The maximum atomic E-state index is 13.8. The van der Waals surface area contributed by atoms with Crippen molar-refractivity contribution in [3.05, 3.63) is 119 Å². The fourth-order valence-corrected chi connectivity index (χ4v) is 5.15. The van der Waals surface area contributed by atoms with Crippen LogP contribution in [0.2, 0.25) is 0 Å². The average molecular weight is 730 g/mol. The molecule has 0 aliphatic rings. The van der Waals surface area contributed by atoms with Gasteiger partial charge in [-0.1, -0.05) is 0 Å². The number of nitrogens with zero attached hydrogens (tertiary/aromatic N) is 2. The molecule has 0 saturated carbocycles. The molecule has 272 valence electrons. The normalized spacial score (nSPS) is 11.6. The van der Waals surface area contributed by atoms with Crippen molar-refractivity contribution < 1.29 is 41.4 Å². The molecule has 10 nitrogen and oxygen atoms in total. The lowest BCUT2D eigenvalue weighted by atomic mass is 10.0. The van der Waals surface area contributed by atoms with E-state index in [1.165, 1.54) is 24.7 Å². The molecule has 4 aromatic carbocycles. The number of carbonyl (C=O) groups excluding carboxylic acids is 3. The zero-order valence-electron chi connectivity index (χ0n) is 28.6. The van der Waals surface area contributed by atoms with E-state index >= 15 is 0 Å². The Hall–Kier alpha value is -5.28. The van der Waals surface area contributed by atoms with E-state index in [0.29, 0.717) is 42.0 Å². The molecule has 0 spiro atoms. The van der Waals surface area contributed by atoms with Crippen LogP contribution < -0.4 is 34.0 Å². The van der Waals surface area contributed by atoms with Gasteiger partial charge in [0.15, 0.2) is 0 Å². The first-order valence-corrected chi connectivity index (χ1v) is 16.2. The summed E-state index contributed by atoms with van der Waals surface area (Å²) in [5.74, 6) is -2.39. The number of carbonyl (C=O) groups is 3. The van der Waals surface area contributed by atoms with Gasteiger partial charge in [0.1, 0.15) is 47.1 Å². The van der Waals surface area contributed by atoms with Crippen molar-refractivity contribution >= 4 is 41.7 Å². The third kappa shape index (κ3) is 13.2. The van der Waals surface area contributed by atoms with Crippen LogP contribution in [0.1, 0.15) is 11.1 Å². The van der Waals surface area contributed by atoms with Crippen LogP contribution in [0.5, 0.6) is 11.5 Å². The number of hydrogen-bond acceptors (Lipinski definition) is 8. The lowest BCUT2D eigenvalue weighted by molar-refractivity contribution is -0.120. The summed E-state index contributed by atoms with van der Waals surface area (Å²) >= 11 is 0.606. The minimum Gasteiger partial charge on any atom is -0.497 e. The van der Waals surface area contributed by atoms with Crippen LogP contribution in [0.15, 0.2) is 84.9 Å². The SMILES string of the molecule is COc1ccc(N(C)C(=O)C(Cc2cc(F)cc(F)c2)NC(=O)NSN[C@H](C=O)Cc2cc(F)cc(F)c2)cc1.COc1ccc(N(C)C)cc1. The molecule has 0 saturated heterocycles. The number of nitrogens with one attached hydrogen (secondary N) is 3. The Morgan fingerprint density at radius 2 is 1.18 bits per heavy atom. The number of aldehydes is 1. The number of hydrogen-bond donors (Lipinski definition) is 3. The third-order valence-electron chi connectivity index (χ3n) is 7.24. The van der Waals surface area contributed by atoms with Gasteiger partial charge in [0.05, 0.1) is 20.3 Å². The van der Waals surface area contributed by atoms with Crippen molar-refractivity contribution in [3.8, 4) is 11.5 Å². The van der Waals surface area contributed by atoms with Gasteiger partial charge < -0.3 is 29.4 Å². The quantitative estimate of drug-likeness (QED) is 0.0843. The second-order valence-corrected chi connectivity index (χ2v) is 11.9. The molecular weight excluding hydrogens is 690 g/mol. The number of amides is 3. The monoisotopic (exact) mass is 729 g/mol. The van der Waals surface area contributed by atoms with Gasteiger partial charge in [-0.2, -0.15) is 0 Å². The predicted molar refractivity (Wildman–Crippen MR) is 190 cm³/mol. The Morgan fingerprint density at radius 3 is 1.61 bits per heavy atom. The Balaban J connectivity index is 0.000000542. The molecule has 0 aliphatic heterocycles. The van der Waals surface area contributed by atoms with Crippen LogP contribution in [0.3, 0.4) is 0 Å². The van der Waals surface area contributed by atoms with Crippen molar-refractivity contribution in [1.29, 1.82) is 0 Å². The molecule has 3 N–H and O–H groups in total.